The summed E-state index contributed by atoms with van der Waals surface area (Å²) in [5, 5.41) is 12.2. The Bertz CT molecular complexity index is 319. The van der Waals surface area contributed by atoms with Gasteiger partial charge in [-0.25, -0.2) is 9.97 Å². The highest BCUT2D eigenvalue weighted by Gasteiger charge is 1.99. The topological polar surface area (TPSA) is 75.1 Å². The fourth-order valence-electron chi connectivity index (χ4n) is 0.845. The first-order valence-corrected chi connectivity index (χ1v) is 5.26. The van der Waals surface area contributed by atoms with Gasteiger partial charge in [0.1, 0.15) is 17.2 Å². The van der Waals surface area contributed by atoms with Gasteiger partial charge in [-0.2, -0.15) is 0 Å². The zero-order valence-corrected chi connectivity index (χ0v) is 8.54. The van der Waals surface area contributed by atoms with E-state index in [9.17, 15) is 4.79 Å². The fraction of sp³-hybridized carbons (Fsp3) is 0.375. The van der Waals surface area contributed by atoms with Crippen molar-refractivity contribution in [2.24, 2.45) is 0 Å². The Labute approximate surface area is 86.0 Å². The maximum atomic E-state index is 10.2. The quantitative estimate of drug-likeness (QED) is 0.563. The van der Waals surface area contributed by atoms with E-state index >= 15 is 0 Å². The molecule has 0 spiro atoms. The first-order valence-electron chi connectivity index (χ1n) is 4.04. The Balaban J connectivity index is 2.46. The molecule has 1 aromatic heterocycles. The van der Waals surface area contributed by atoms with Crippen molar-refractivity contribution in [3.8, 4) is 0 Å². The molecule has 1 heterocycles. The van der Waals surface area contributed by atoms with Gasteiger partial charge in [-0.3, -0.25) is 4.79 Å². The molecule has 2 N–H and O–H groups in total. The minimum Gasteiger partial charge on any atom is -0.481 e. The lowest BCUT2D eigenvalue weighted by Crippen LogP contribution is -2.08. The summed E-state index contributed by atoms with van der Waals surface area (Å²) in [7, 11) is 0. The monoisotopic (exact) mass is 213 g/mol. The number of rotatable bonds is 5. The summed E-state index contributed by atoms with van der Waals surface area (Å²) in [6.45, 7) is 0.375. The summed E-state index contributed by atoms with van der Waals surface area (Å²) >= 11 is 1.52. The van der Waals surface area contributed by atoms with E-state index in [2.05, 4.69) is 15.3 Å². The molecule has 0 aliphatic rings. The van der Waals surface area contributed by atoms with Crippen molar-refractivity contribution < 1.29 is 9.90 Å². The Morgan fingerprint density at radius 1 is 1.64 bits per heavy atom. The molecule has 0 radical (unpaired) electrons. The lowest BCUT2D eigenvalue weighted by molar-refractivity contribution is -0.136. The number of carbonyl (C=O) groups is 1. The number of hydrogen-bond donors (Lipinski definition) is 2. The number of nitrogens with one attached hydrogen (secondary N) is 1. The molecule has 0 saturated carbocycles. The van der Waals surface area contributed by atoms with Crippen LogP contribution in [-0.4, -0.2) is 33.8 Å². The largest absolute Gasteiger partial charge is 0.481 e. The summed E-state index contributed by atoms with van der Waals surface area (Å²) in [6, 6.07) is 1.78. The van der Waals surface area contributed by atoms with Crippen LogP contribution in [0, 0.1) is 0 Å². The van der Waals surface area contributed by atoms with Crippen molar-refractivity contribution >= 4 is 23.5 Å². The molecule has 0 bridgehead atoms. The van der Waals surface area contributed by atoms with Crippen LogP contribution in [0.25, 0.3) is 0 Å². The number of carboxylic acid groups (broad SMARTS) is 1. The fourth-order valence-corrected chi connectivity index (χ4v) is 1.23. The molecule has 0 aliphatic heterocycles. The predicted molar refractivity (Wildman–Crippen MR) is 54.6 cm³/mol. The van der Waals surface area contributed by atoms with Crippen molar-refractivity contribution in [2.75, 3.05) is 18.1 Å². The molecule has 1 rings (SSSR count). The molecule has 0 aliphatic carbocycles. The van der Waals surface area contributed by atoms with Crippen LogP contribution < -0.4 is 5.32 Å². The molecular formula is C8H11N3O2S. The van der Waals surface area contributed by atoms with Crippen molar-refractivity contribution in [3.05, 3.63) is 12.4 Å². The second kappa shape index (κ2) is 5.43. The van der Waals surface area contributed by atoms with Gasteiger partial charge in [-0.1, -0.05) is 0 Å². The Morgan fingerprint density at radius 3 is 3.07 bits per heavy atom. The van der Waals surface area contributed by atoms with Crippen molar-refractivity contribution in [1.82, 2.24) is 9.97 Å². The molecular weight excluding hydrogens is 202 g/mol. The molecule has 0 fully saturated rings. The zero-order chi connectivity index (χ0) is 10.4. The van der Waals surface area contributed by atoms with E-state index in [0.717, 1.165) is 5.03 Å². The molecule has 0 saturated heterocycles. The van der Waals surface area contributed by atoms with Crippen LogP contribution in [0.1, 0.15) is 6.42 Å². The SMILES string of the molecule is CSc1cc(NCCC(=O)O)ncn1. The van der Waals surface area contributed by atoms with E-state index in [1.807, 2.05) is 6.26 Å². The molecule has 0 amide bonds. The summed E-state index contributed by atoms with van der Waals surface area (Å²) in [6.07, 6.45) is 3.46. The molecule has 14 heavy (non-hydrogen) atoms. The van der Waals surface area contributed by atoms with Crippen LogP contribution in [0.4, 0.5) is 5.82 Å². The number of carboxylic acids is 1. The number of thioether (sulfide) groups is 1. The minimum atomic E-state index is -0.823. The van der Waals surface area contributed by atoms with Gasteiger partial charge >= 0.3 is 5.97 Å². The average Bonchev–Trinajstić information content (AvgIpc) is 2.18. The van der Waals surface area contributed by atoms with Crippen LogP contribution in [0.5, 0.6) is 0 Å². The van der Waals surface area contributed by atoms with E-state index in [0.29, 0.717) is 12.4 Å². The van der Waals surface area contributed by atoms with Gasteiger partial charge in [-0.15, -0.1) is 11.8 Å². The normalized spacial score (nSPS) is 9.79. The Morgan fingerprint density at radius 2 is 2.43 bits per heavy atom. The lowest BCUT2D eigenvalue weighted by atomic mass is 10.4. The first-order chi connectivity index (χ1) is 6.72. The average molecular weight is 213 g/mol. The number of anilines is 1. The van der Waals surface area contributed by atoms with Crippen LogP contribution in [-0.2, 0) is 4.79 Å². The van der Waals surface area contributed by atoms with Crippen molar-refractivity contribution in [1.29, 1.82) is 0 Å². The van der Waals surface area contributed by atoms with E-state index in [4.69, 9.17) is 5.11 Å². The standard InChI is InChI=1S/C8H11N3O2S/c1-14-7-4-6(10-5-11-7)9-3-2-8(12)13/h4-5H,2-3H2,1H3,(H,12,13)(H,9,10,11). The predicted octanol–water partition coefficient (Wildman–Crippen LogP) is 1.09. The number of aromatic nitrogens is 2. The number of hydrogen-bond acceptors (Lipinski definition) is 5. The van der Waals surface area contributed by atoms with Crippen LogP contribution >= 0.6 is 11.8 Å². The summed E-state index contributed by atoms with van der Waals surface area (Å²) in [5.41, 5.74) is 0. The van der Waals surface area contributed by atoms with Crippen molar-refractivity contribution in [2.45, 2.75) is 11.4 Å². The van der Waals surface area contributed by atoms with Crippen molar-refractivity contribution in [3.63, 3.8) is 0 Å². The highest BCUT2D eigenvalue weighted by atomic mass is 32.2. The lowest BCUT2D eigenvalue weighted by Gasteiger charge is -2.03. The third-order valence-corrected chi connectivity index (χ3v) is 2.14. The molecule has 0 unspecified atom stereocenters. The maximum absolute atomic E-state index is 10.2. The van der Waals surface area contributed by atoms with Gasteiger partial charge < -0.3 is 10.4 Å². The van der Waals surface area contributed by atoms with Gasteiger partial charge in [0.25, 0.3) is 0 Å². The number of nitrogens with zero attached hydrogens (tertiary/aromatic N) is 2. The summed E-state index contributed by atoms with van der Waals surface area (Å²) < 4.78 is 0. The molecule has 76 valence electrons. The summed E-state index contributed by atoms with van der Waals surface area (Å²) in [4.78, 5) is 18.2. The third-order valence-electron chi connectivity index (χ3n) is 1.50. The Hall–Kier alpha value is -1.30. The highest BCUT2D eigenvalue weighted by Crippen LogP contribution is 2.13. The van der Waals surface area contributed by atoms with Gasteiger partial charge in [0, 0.05) is 12.6 Å². The second-order valence-electron chi connectivity index (χ2n) is 2.52. The van der Waals surface area contributed by atoms with E-state index in [1.54, 1.807) is 6.07 Å². The molecule has 6 heteroatoms. The minimum absolute atomic E-state index is 0.0819. The van der Waals surface area contributed by atoms with Gasteiger partial charge in [-0.05, 0) is 6.26 Å². The second-order valence-corrected chi connectivity index (χ2v) is 3.34. The number of aliphatic carboxylic acids is 1. The van der Waals surface area contributed by atoms with Gasteiger partial charge in [0.05, 0.1) is 6.42 Å². The maximum Gasteiger partial charge on any atom is 0.305 e. The first kappa shape index (κ1) is 10.8. The molecule has 0 atom stereocenters. The smallest absolute Gasteiger partial charge is 0.305 e. The van der Waals surface area contributed by atoms with E-state index < -0.39 is 5.97 Å². The van der Waals surface area contributed by atoms with Gasteiger partial charge in [0.15, 0.2) is 0 Å². The zero-order valence-electron chi connectivity index (χ0n) is 7.73. The third kappa shape index (κ3) is 3.61. The van der Waals surface area contributed by atoms with Crippen LogP contribution in [0.15, 0.2) is 17.4 Å². The van der Waals surface area contributed by atoms with E-state index in [1.165, 1.54) is 18.1 Å². The van der Waals surface area contributed by atoms with Crippen LogP contribution in [0.2, 0.25) is 0 Å². The van der Waals surface area contributed by atoms with E-state index in [-0.39, 0.29) is 6.42 Å². The van der Waals surface area contributed by atoms with Crippen LogP contribution in [0.3, 0.4) is 0 Å². The molecule has 0 aromatic carbocycles. The Kier molecular flexibility index (Phi) is 4.18. The highest BCUT2D eigenvalue weighted by molar-refractivity contribution is 7.98. The molecule has 5 nitrogen and oxygen atoms in total. The van der Waals surface area contributed by atoms with Gasteiger partial charge in [0.2, 0.25) is 0 Å². The summed E-state index contributed by atoms with van der Waals surface area (Å²) in [5.74, 6) is -0.165. The molecule has 1 aromatic rings.